The molecule has 2 aromatic carbocycles. The van der Waals surface area contributed by atoms with Crippen LogP contribution in [0.3, 0.4) is 0 Å². The van der Waals surface area contributed by atoms with E-state index in [0.29, 0.717) is 6.54 Å². The zero-order chi connectivity index (χ0) is 19.5. The number of hydrogen-bond donors (Lipinski definition) is 1. The van der Waals surface area contributed by atoms with Gasteiger partial charge in [-0.25, -0.2) is 9.78 Å². The van der Waals surface area contributed by atoms with Crippen molar-refractivity contribution in [3.8, 4) is 11.3 Å². The summed E-state index contributed by atoms with van der Waals surface area (Å²) in [6.07, 6.45) is 1.70. The molecule has 0 bridgehead atoms. The van der Waals surface area contributed by atoms with Crippen molar-refractivity contribution in [3.05, 3.63) is 75.1 Å². The molecule has 0 spiro atoms. The zero-order valence-electron chi connectivity index (χ0n) is 14.9. The molecule has 1 saturated heterocycles. The van der Waals surface area contributed by atoms with Crippen LogP contribution >= 0.6 is 11.3 Å². The number of benzene rings is 2. The first-order valence-electron chi connectivity index (χ1n) is 8.95. The minimum atomic E-state index is -0.496. The third-order valence-corrected chi connectivity index (χ3v) is 5.68. The summed E-state index contributed by atoms with van der Waals surface area (Å²) in [5, 5.41) is 16.8. The second kappa shape index (κ2) is 7.77. The molecule has 28 heavy (non-hydrogen) atoms. The van der Waals surface area contributed by atoms with Crippen LogP contribution in [0.15, 0.2) is 60.0 Å². The number of nitrogens with one attached hydrogen (secondary N) is 1. The minimum absolute atomic E-state index is 0.118. The van der Waals surface area contributed by atoms with E-state index in [1.165, 1.54) is 23.5 Å². The Hall–Kier alpha value is -3.26. The maximum Gasteiger partial charge on any atom is 0.322 e. The summed E-state index contributed by atoms with van der Waals surface area (Å²) in [6.45, 7) is 0.595. The molecule has 0 aliphatic carbocycles. The van der Waals surface area contributed by atoms with Gasteiger partial charge in [0.1, 0.15) is 10.7 Å². The standard InChI is InChI=1S/C20H18N4O3S/c25-20(22-15-9-4-5-10-17(15)24(26)27)23-12-6-11-18(23)19-21-16(13-28-19)14-7-2-1-3-8-14/h1-5,7-10,13,18H,6,11-12H2,(H,22,25). The normalized spacial score (nSPS) is 16.1. The van der Waals surface area contributed by atoms with Gasteiger partial charge in [0, 0.05) is 23.6 Å². The SMILES string of the molecule is O=C(Nc1ccccc1[N+](=O)[O-])N1CCCC1c1nc(-c2ccccc2)cs1. The van der Waals surface area contributed by atoms with Crippen molar-refractivity contribution >= 4 is 28.7 Å². The topological polar surface area (TPSA) is 88.4 Å². The Labute approximate surface area is 165 Å². The van der Waals surface area contributed by atoms with Gasteiger partial charge in [0.25, 0.3) is 5.69 Å². The van der Waals surface area contributed by atoms with Crippen LogP contribution < -0.4 is 5.32 Å². The second-order valence-corrected chi connectivity index (χ2v) is 7.38. The number of thiazole rings is 1. The fraction of sp³-hybridized carbons (Fsp3) is 0.200. The predicted octanol–water partition coefficient (Wildman–Crippen LogP) is 5.09. The number of carbonyl (C=O) groups is 1. The lowest BCUT2D eigenvalue weighted by molar-refractivity contribution is -0.383. The molecule has 8 heteroatoms. The number of nitrogens with zero attached hydrogens (tertiary/aromatic N) is 3. The molecule has 1 atom stereocenters. The molecule has 2 amide bonds. The van der Waals surface area contributed by atoms with Gasteiger partial charge in [-0.1, -0.05) is 42.5 Å². The quantitative estimate of drug-likeness (QED) is 0.493. The van der Waals surface area contributed by atoms with Crippen LogP contribution in [0.25, 0.3) is 11.3 Å². The number of urea groups is 1. The number of likely N-dealkylation sites (tertiary alicyclic amines) is 1. The number of hydrogen-bond acceptors (Lipinski definition) is 5. The second-order valence-electron chi connectivity index (χ2n) is 6.49. The summed E-state index contributed by atoms with van der Waals surface area (Å²) in [5.41, 5.74) is 2.02. The van der Waals surface area contributed by atoms with E-state index in [1.54, 1.807) is 17.0 Å². The van der Waals surface area contributed by atoms with Gasteiger partial charge >= 0.3 is 6.03 Å². The van der Waals surface area contributed by atoms with Crippen LogP contribution in [0.4, 0.5) is 16.2 Å². The van der Waals surface area contributed by atoms with Crippen LogP contribution in [-0.2, 0) is 0 Å². The molecule has 142 valence electrons. The highest BCUT2D eigenvalue weighted by Gasteiger charge is 2.33. The molecule has 7 nitrogen and oxygen atoms in total. The van der Waals surface area contributed by atoms with Gasteiger partial charge in [-0.3, -0.25) is 10.1 Å². The van der Waals surface area contributed by atoms with E-state index in [-0.39, 0.29) is 23.4 Å². The Kier molecular flexibility index (Phi) is 5.03. The summed E-state index contributed by atoms with van der Waals surface area (Å²) in [5.74, 6) is 0. The van der Waals surface area contributed by atoms with Gasteiger partial charge in [-0.15, -0.1) is 11.3 Å². The number of nitro benzene ring substituents is 1. The average Bonchev–Trinajstić information content (AvgIpc) is 3.38. The summed E-state index contributed by atoms with van der Waals surface area (Å²) >= 11 is 1.54. The molecule has 1 aliphatic rings. The Bertz CT molecular complexity index is 1010. The molecule has 0 radical (unpaired) electrons. The van der Waals surface area contributed by atoms with Crippen molar-refractivity contribution in [2.45, 2.75) is 18.9 Å². The van der Waals surface area contributed by atoms with E-state index in [2.05, 4.69) is 5.32 Å². The maximum absolute atomic E-state index is 12.8. The van der Waals surface area contributed by atoms with Crippen LogP contribution in [-0.4, -0.2) is 27.4 Å². The summed E-state index contributed by atoms with van der Waals surface area (Å²) in [4.78, 5) is 30.0. The highest BCUT2D eigenvalue weighted by Crippen LogP contribution is 2.36. The first kappa shape index (κ1) is 18.1. The predicted molar refractivity (Wildman–Crippen MR) is 108 cm³/mol. The third kappa shape index (κ3) is 3.59. The summed E-state index contributed by atoms with van der Waals surface area (Å²) in [7, 11) is 0. The van der Waals surface area contributed by atoms with Gasteiger partial charge in [0.05, 0.1) is 16.7 Å². The van der Waals surface area contributed by atoms with Crippen molar-refractivity contribution in [1.82, 2.24) is 9.88 Å². The molecule has 1 aromatic heterocycles. The number of nitro groups is 1. The first-order chi connectivity index (χ1) is 13.6. The monoisotopic (exact) mass is 394 g/mol. The van der Waals surface area contributed by atoms with Crippen LogP contribution in [0.5, 0.6) is 0 Å². The maximum atomic E-state index is 12.8. The molecule has 1 fully saturated rings. The fourth-order valence-corrected chi connectivity index (χ4v) is 4.35. The van der Waals surface area contributed by atoms with Crippen molar-refractivity contribution < 1.29 is 9.72 Å². The Morgan fingerprint density at radius 2 is 1.93 bits per heavy atom. The van der Waals surface area contributed by atoms with Crippen LogP contribution in [0.2, 0.25) is 0 Å². The number of rotatable bonds is 4. The number of para-hydroxylation sites is 2. The molecular formula is C20H18N4O3S. The Balaban J connectivity index is 1.53. The van der Waals surface area contributed by atoms with Gasteiger partial charge in [-0.2, -0.15) is 0 Å². The molecule has 1 N–H and O–H groups in total. The lowest BCUT2D eigenvalue weighted by Gasteiger charge is -2.23. The van der Waals surface area contributed by atoms with E-state index in [4.69, 9.17) is 4.98 Å². The lowest BCUT2D eigenvalue weighted by atomic mass is 10.2. The average molecular weight is 394 g/mol. The van der Waals surface area contributed by atoms with Crippen molar-refractivity contribution in [3.63, 3.8) is 0 Å². The molecule has 1 unspecified atom stereocenters. The molecule has 1 aliphatic heterocycles. The van der Waals surface area contributed by atoms with Gasteiger partial charge in [0.15, 0.2) is 0 Å². The lowest BCUT2D eigenvalue weighted by Crippen LogP contribution is -2.34. The number of aromatic nitrogens is 1. The van der Waals surface area contributed by atoms with Crippen molar-refractivity contribution in [2.24, 2.45) is 0 Å². The van der Waals surface area contributed by atoms with E-state index >= 15 is 0 Å². The van der Waals surface area contributed by atoms with Crippen molar-refractivity contribution in [2.75, 3.05) is 11.9 Å². The molecule has 0 saturated carbocycles. The highest BCUT2D eigenvalue weighted by molar-refractivity contribution is 7.10. The Morgan fingerprint density at radius 1 is 1.18 bits per heavy atom. The highest BCUT2D eigenvalue weighted by atomic mass is 32.1. The summed E-state index contributed by atoms with van der Waals surface area (Å²) in [6, 6.07) is 15.6. The van der Waals surface area contributed by atoms with E-state index in [0.717, 1.165) is 29.1 Å². The van der Waals surface area contributed by atoms with E-state index in [1.807, 2.05) is 35.7 Å². The third-order valence-electron chi connectivity index (χ3n) is 4.73. The fourth-order valence-electron chi connectivity index (χ4n) is 3.37. The van der Waals surface area contributed by atoms with Crippen LogP contribution in [0, 0.1) is 10.1 Å². The van der Waals surface area contributed by atoms with E-state index < -0.39 is 4.92 Å². The molecule has 3 aromatic rings. The number of carbonyl (C=O) groups excluding carboxylic acids is 1. The van der Waals surface area contributed by atoms with Gasteiger partial charge < -0.3 is 10.2 Å². The first-order valence-corrected chi connectivity index (χ1v) is 9.83. The number of amides is 2. The smallest absolute Gasteiger partial charge is 0.315 e. The van der Waals surface area contributed by atoms with Crippen LogP contribution in [0.1, 0.15) is 23.9 Å². The zero-order valence-corrected chi connectivity index (χ0v) is 15.8. The number of anilines is 1. The van der Waals surface area contributed by atoms with E-state index in [9.17, 15) is 14.9 Å². The van der Waals surface area contributed by atoms with Gasteiger partial charge in [0.2, 0.25) is 0 Å². The molecular weight excluding hydrogens is 376 g/mol. The summed E-state index contributed by atoms with van der Waals surface area (Å²) < 4.78 is 0. The molecule has 4 rings (SSSR count). The van der Waals surface area contributed by atoms with Gasteiger partial charge in [-0.05, 0) is 18.9 Å². The largest absolute Gasteiger partial charge is 0.322 e. The molecule has 2 heterocycles. The van der Waals surface area contributed by atoms with Crippen molar-refractivity contribution in [1.29, 1.82) is 0 Å². The minimum Gasteiger partial charge on any atom is -0.315 e. The Morgan fingerprint density at radius 3 is 2.71 bits per heavy atom.